The number of halogens is 1. The van der Waals surface area contributed by atoms with E-state index < -0.39 is 0 Å². The molecule has 1 rings (SSSR count). The molecule has 3 N–H and O–H groups in total. The van der Waals surface area contributed by atoms with Gasteiger partial charge < -0.3 is 11.1 Å². The lowest BCUT2D eigenvalue weighted by Crippen LogP contribution is -2.19. The molecule has 80 valence electrons. The standard InChI is InChI=1S/C10H17ClN2S/c1-8(13-7-3-2-6-12)9-4-5-10(11)14-9/h4-5,8,13H,2-3,6-7,12H2,1H3. The van der Waals surface area contributed by atoms with Crippen LogP contribution in [0.2, 0.25) is 4.34 Å². The van der Waals surface area contributed by atoms with E-state index in [0.29, 0.717) is 6.04 Å². The first kappa shape index (κ1) is 12.0. The third kappa shape index (κ3) is 3.96. The zero-order valence-electron chi connectivity index (χ0n) is 8.42. The van der Waals surface area contributed by atoms with E-state index in [2.05, 4.69) is 18.3 Å². The first-order chi connectivity index (χ1) is 6.74. The summed E-state index contributed by atoms with van der Waals surface area (Å²) in [4.78, 5) is 1.29. The minimum absolute atomic E-state index is 0.394. The Balaban J connectivity index is 2.25. The summed E-state index contributed by atoms with van der Waals surface area (Å²) in [6, 6.07) is 4.41. The van der Waals surface area contributed by atoms with E-state index in [0.717, 1.165) is 30.3 Å². The molecule has 0 saturated heterocycles. The van der Waals surface area contributed by atoms with Crippen molar-refractivity contribution in [2.45, 2.75) is 25.8 Å². The highest BCUT2D eigenvalue weighted by Gasteiger charge is 2.06. The number of unbranched alkanes of at least 4 members (excludes halogenated alkanes) is 1. The molecule has 0 aromatic carbocycles. The van der Waals surface area contributed by atoms with Crippen molar-refractivity contribution in [3.05, 3.63) is 21.3 Å². The molecule has 2 nitrogen and oxygen atoms in total. The molecule has 0 aliphatic heterocycles. The summed E-state index contributed by atoms with van der Waals surface area (Å²) in [6.45, 7) is 3.96. The molecule has 0 amide bonds. The molecule has 1 unspecified atom stereocenters. The van der Waals surface area contributed by atoms with E-state index >= 15 is 0 Å². The number of rotatable bonds is 6. The molecule has 0 saturated carbocycles. The number of nitrogens with two attached hydrogens (primary N) is 1. The van der Waals surface area contributed by atoms with Gasteiger partial charge in [0.2, 0.25) is 0 Å². The van der Waals surface area contributed by atoms with E-state index in [9.17, 15) is 0 Å². The summed E-state index contributed by atoms with van der Waals surface area (Å²) in [5.74, 6) is 0. The van der Waals surface area contributed by atoms with E-state index in [-0.39, 0.29) is 0 Å². The Morgan fingerprint density at radius 1 is 1.50 bits per heavy atom. The summed E-state index contributed by atoms with van der Waals surface area (Å²) in [5.41, 5.74) is 5.42. The summed E-state index contributed by atoms with van der Waals surface area (Å²) in [5, 5.41) is 3.44. The first-order valence-corrected chi connectivity index (χ1v) is 6.12. The number of hydrogen-bond acceptors (Lipinski definition) is 3. The van der Waals surface area contributed by atoms with Gasteiger partial charge in [0.25, 0.3) is 0 Å². The fraction of sp³-hybridized carbons (Fsp3) is 0.600. The van der Waals surface area contributed by atoms with Crippen molar-refractivity contribution >= 4 is 22.9 Å². The molecule has 1 aromatic rings. The molecule has 0 fully saturated rings. The minimum atomic E-state index is 0.394. The fourth-order valence-corrected chi connectivity index (χ4v) is 2.34. The second-order valence-corrected chi connectivity index (χ2v) is 5.06. The van der Waals surface area contributed by atoms with Gasteiger partial charge in [-0.05, 0) is 45.0 Å². The monoisotopic (exact) mass is 232 g/mol. The van der Waals surface area contributed by atoms with Crippen molar-refractivity contribution in [3.8, 4) is 0 Å². The molecule has 14 heavy (non-hydrogen) atoms. The van der Waals surface area contributed by atoms with E-state index in [1.807, 2.05) is 6.07 Å². The van der Waals surface area contributed by atoms with Crippen LogP contribution < -0.4 is 11.1 Å². The maximum atomic E-state index is 5.86. The molecular formula is C10H17ClN2S. The smallest absolute Gasteiger partial charge is 0.0931 e. The highest BCUT2D eigenvalue weighted by molar-refractivity contribution is 7.16. The van der Waals surface area contributed by atoms with Gasteiger partial charge in [-0.3, -0.25) is 0 Å². The Kier molecular flexibility index (Phi) is 5.48. The Bertz CT molecular complexity index is 262. The summed E-state index contributed by atoms with van der Waals surface area (Å²) >= 11 is 7.50. The quantitative estimate of drug-likeness (QED) is 0.741. The van der Waals surface area contributed by atoms with Crippen LogP contribution in [0.15, 0.2) is 12.1 Å². The third-order valence-corrected chi connectivity index (χ3v) is 3.52. The van der Waals surface area contributed by atoms with Crippen molar-refractivity contribution in [2.24, 2.45) is 5.73 Å². The van der Waals surface area contributed by atoms with Gasteiger partial charge in [-0.2, -0.15) is 0 Å². The fourth-order valence-electron chi connectivity index (χ4n) is 1.25. The second-order valence-electron chi connectivity index (χ2n) is 3.31. The zero-order chi connectivity index (χ0) is 10.4. The molecule has 0 aliphatic rings. The molecule has 0 aliphatic carbocycles. The number of nitrogens with one attached hydrogen (secondary N) is 1. The van der Waals surface area contributed by atoms with Gasteiger partial charge in [0.1, 0.15) is 0 Å². The lowest BCUT2D eigenvalue weighted by atomic mass is 10.2. The van der Waals surface area contributed by atoms with Crippen LogP contribution in [-0.4, -0.2) is 13.1 Å². The molecule has 1 heterocycles. The molecule has 1 aromatic heterocycles. The van der Waals surface area contributed by atoms with E-state index in [4.69, 9.17) is 17.3 Å². The van der Waals surface area contributed by atoms with Crippen LogP contribution in [-0.2, 0) is 0 Å². The van der Waals surface area contributed by atoms with Crippen molar-refractivity contribution in [1.82, 2.24) is 5.32 Å². The van der Waals surface area contributed by atoms with Crippen LogP contribution in [0.25, 0.3) is 0 Å². The number of thiophene rings is 1. The predicted molar refractivity (Wildman–Crippen MR) is 64.0 cm³/mol. The van der Waals surface area contributed by atoms with Crippen molar-refractivity contribution in [2.75, 3.05) is 13.1 Å². The Hall–Kier alpha value is -0.0900. The Morgan fingerprint density at radius 2 is 2.29 bits per heavy atom. The van der Waals surface area contributed by atoms with Crippen molar-refractivity contribution in [1.29, 1.82) is 0 Å². The van der Waals surface area contributed by atoms with Gasteiger partial charge in [-0.1, -0.05) is 11.6 Å². The normalized spacial score (nSPS) is 13.1. The van der Waals surface area contributed by atoms with Crippen molar-refractivity contribution in [3.63, 3.8) is 0 Å². The Morgan fingerprint density at radius 3 is 2.86 bits per heavy atom. The van der Waals surface area contributed by atoms with E-state index in [1.54, 1.807) is 11.3 Å². The summed E-state index contributed by atoms with van der Waals surface area (Å²) < 4.78 is 0.857. The maximum Gasteiger partial charge on any atom is 0.0931 e. The third-order valence-electron chi connectivity index (χ3n) is 2.10. The van der Waals surface area contributed by atoms with Crippen LogP contribution in [0.4, 0.5) is 0 Å². The van der Waals surface area contributed by atoms with Crippen LogP contribution in [0.3, 0.4) is 0 Å². The summed E-state index contributed by atoms with van der Waals surface area (Å²) in [6.07, 6.45) is 2.23. The summed E-state index contributed by atoms with van der Waals surface area (Å²) in [7, 11) is 0. The zero-order valence-corrected chi connectivity index (χ0v) is 10.00. The maximum absolute atomic E-state index is 5.86. The lowest BCUT2D eigenvalue weighted by molar-refractivity contribution is 0.555. The average molecular weight is 233 g/mol. The topological polar surface area (TPSA) is 38.0 Å². The molecule has 0 radical (unpaired) electrons. The van der Waals surface area contributed by atoms with Crippen LogP contribution in [0.1, 0.15) is 30.7 Å². The van der Waals surface area contributed by atoms with Gasteiger partial charge in [0.15, 0.2) is 0 Å². The molecule has 0 spiro atoms. The van der Waals surface area contributed by atoms with Gasteiger partial charge in [-0.25, -0.2) is 0 Å². The molecule has 1 atom stereocenters. The van der Waals surface area contributed by atoms with Gasteiger partial charge >= 0.3 is 0 Å². The second kappa shape index (κ2) is 6.40. The molecule has 4 heteroatoms. The number of hydrogen-bond donors (Lipinski definition) is 2. The first-order valence-electron chi connectivity index (χ1n) is 4.92. The van der Waals surface area contributed by atoms with E-state index in [1.165, 1.54) is 4.88 Å². The predicted octanol–water partition coefficient (Wildman–Crippen LogP) is 2.79. The molecular weight excluding hydrogens is 216 g/mol. The van der Waals surface area contributed by atoms with Crippen LogP contribution in [0.5, 0.6) is 0 Å². The lowest BCUT2D eigenvalue weighted by Gasteiger charge is -2.11. The van der Waals surface area contributed by atoms with Gasteiger partial charge in [0, 0.05) is 10.9 Å². The Labute approximate surface area is 94.5 Å². The average Bonchev–Trinajstić information content (AvgIpc) is 2.59. The highest BCUT2D eigenvalue weighted by Crippen LogP contribution is 2.26. The minimum Gasteiger partial charge on any atom is -0.330 e. The molecule has 0 bridgehead atoms. The van der Waals surface area contributed by atoms with Crippen LogP contribution >= 0.6 is 22.9 Å². The largest absolute Gasteiger partial charge is 0.330 e. The SMILES string of the molecule is CC(NCCCCN)c1ccc(Cl)s1. The van der Waals surface area contributed by atoms with Crippen LogP contribution in [0, 0.1) is 0 Å². The van der Waals surface area contributed by atoms with Gasteiger partial charge in [0.05, 0.1) is 4.34 Å². The highest BCUT2D eigenvalue weighted by atomic mass is 35.5. The van der Waals surface area contributed by atoms with Crippen molar-refractivity contribution < 1.29 is 0 Å². The van der Waals surface area contributed by atoms with Gasteiger partial charge in [-0.15, -0.1) is 11.3 Å².